The molecule has 4 N–H and O–H groups in total. The third-order valence-corrected chi connectivity index (χ3v) is 3.34. The van der Waals surface area contributed by atoms with Crippen LogP contribution in [0.25, 0.3) is 0 Å². The molecule has 100 valence electrons. The van der Waals surface area contributed by atoms with Gasteiger partial charge in [0.05, 0.1) is 6.04 Å². The van der Waals surface area contributed by atoms with E-state index in [1.165, 1.54) is 0 Å². The Morgan fingerprint density at radius 2 is 1.65 bits per heavy atom. The second kappa shape index (κ2) is 7.27. The maximum atomic E-state index is 11.8. The van der Waals surface area contributed by atoms with Gasteiger partial charge in [-0.05, 0) is 11.8 Å². The number of carboxylic acid groups (broad SMARTS) is 1. The highest BCUT2D eigenvalue weighted by molar-refractivity contribution is 5.87. The van der Waals surface area contributed by atoms with Gasteiger partial charge in [-0.2, -0.15) is 0 Å². The normalized spacial score (nSPS) is 17.9. The minimum atomic E-state index is -1.01. The topological polar surface area (TPSA) is 92.4 Å². The standard InChI is InChI=1S/C12H24N2O3/c1-5-7(3)9(13)11(15)14-10(12(16)17)8(4)6-2/h7-10H,5-6,13H2,1-4H3,(H,14,15)(H,16,17)/t7?,8?,9-,10?/m0/s1. The first kappa shape index (κ1) is 15.9. The summed E-state index contributed by atoms with van der Waals surface area (Å²) >= 11 is 0. The lowest BCUT2D eigenvalue weighted by Gasteiger charge is -2.24. The zero-order chi connectivity index (χ0) is 13.6. The largest absolute Gasteiger partial charge is 0.480 e. The molecule has 0 radical (unpaired) electrons. The zero-order valence-corrected chi connectivity index (χ0v) is 11.1. The molecule has 3 unspecified atom stereocenters. The molecule has 5 heteroatoms. The molecule has 5 nitrogen and oxygen atoms in total. The van der Waals surface area contributed by atoms with Crippen LogP contribution in [0.3, 0.4) is 0 Å². The van der Waals surface area contributed by atoms with Crippen molar-refractivity contribution in [3.63, 3.8) is 0 Å². The van der Waals surface area contributed by atoms with Gasteiger partial charge in [-0.3, -0.25) is 4.79 Å². The van der Waals surface area contributed by atoms with Crippen LogP contribution < -0.4 is 11.1 Å². The van der Waals surface area contributed by atoms with Crippen LogP contribution in [-0.4, -0.2) is 29.1 Å². The molecule has 4 atom stereocenters. The van der Waals surface area contributed by atoms with Gasteiger partial charge in [-0.25, -0.2) is 4.79 Å². The highest BCUT2D eigenvalue weighted by Gasteiger charge is 2.28. The molecule has 0 saturated carbocycles. The number of carbonyl (C=O) groups is 2. The number of aliphatic carboxylic acids is 1. The molecule has 0 rings (SSSR count). The summed E-state index contributed by atoms with van der Waals surface area (Å²) in [5, 5.41) is 11.6. The lowest BCUT2D eigenvalue weighted by molar-refractivity contribution is -0.143. The fourth-order valence-corrected chi connectivity index (χ4v) is 1.44. The molecule has 0 aliphatic rings. The molecule has 17 heavy (non-hydrogen) atoms. The molecule has 0 bridgehead atoms. The van der Waals surface area contributed by atoms with E-state index < -0.39 is 18.1 Å². The van der Waals surface area contributed by atoms with Gasteiger partial charge in [0.1, 0.15) is 6.04 Å². The summed E-state index contributed by atoms with van der Waals surface area (Å²) in [5.41, 5.74) is 5.76. The molecular formula is C12H24N2O3. The number of nitrogens with two attached hydrogens (primary N) is 1. The van der Waals surface area contributed by atoms with Crippen molar-refractivity contribution in [2.75, 3.05) is 0 Å². The second-order valence-electron chi connectivity index (χ2n) is 4.62. The second-order valence-corrected chi connectivity index (χ2v) is 4.62. The van der Waals surface area contributed by atoms with E-state index in [1.807, 2.05) is 20.8 Å². The zero-order valence-electron chi connectivity index (χ0n) is 11.1. The molecule has 0 aromatic carbocycles. The first-order chi connectivity index (χ1) is 7.84. The van der Waals surface area contributed by atoms with Crippen LogP contribution in [0.15, 0.2) is 0 Å². The number of carbonyl (C=O) groups excluding carboxylic acids is 1. The Bertz CT molecular complexity index is 268. The lowest BCUT2D eigenvalue weighted by Crippen LogP contribution is -2.52. The Balaban J connectivity index is 4.56. The fourth-order valence-electron chi connectivity index (χ4n) is 1.44. The van der Waals surface area contributed by atoms with Gasteiger partial charge in [0.25, 0.3) is 0 Å². The molecule has 0 fully saturated rings. The summed E-state index contributed by atoms with van der Waals surface area (Å²) in [5.74, 6) is -1.46. The Hall–Kier alpha value is -1.10. The number of hydrogen-bond acceptors (Lipinski definition) is 3. The molecule has 0 aliphatic heterocycles. The molecule has 0 saturated heterocycles. The molecule has 0 aromatic heterocycles. The molecule has 0 aliphatic carbocycles. The van der Waals surface area contributed by atoms with Crippen LogP contribution in [0.1, 0.15) is 40.5 Å². The predicted octanol–water partition coefficient (Wildman–Crippen LogP) is 0.975. The van der Waals surface area contributed by atoms with Crippen molar-refractivity contribution in [1.82, 2.24) is 5.32 Å². The molecule has 0 aromatic rings. The van der Waals surface area contributed by atoms with Gasteiger partial charge in [-0.15, -0.1) is 0 Å². The van der Waals surface area contributed by atoms with Crippen molar-refractivity contribution in [3.8, 4) is 0 Å². The average molecular weight is 244 g/mol. The highest BCUT2D eigenvalue weighted by atomic mass is 16.4. The van der Waals surface area contributed by atoms with Gasteiger partial charge in [0, 0.05) is 0 Å². The first-order valence-corrected chi connectivity index (χ1v) is 6.13. The average Bonchev–Trinajstić information content (AvgIpc) is 2.32. The SMILES string of the molecule is CCC(C)C(NC(=O)[C@@H](N)C(C)CC)C(=O)O. The molecular weight excluding hydrogens is 220 g/mol. The number of hydrogen-bond donors (Lipinski definition) is 3. The quantitative estimate of drug-likeness (QED) is 0.622. The van der Waals surface area contributed by atoms with E-state index in [-0.39, 0.29) is 17.7 Å². The van der Waals surface area contributed by atoms with E-state index in [0.29, 0.717) is 6.42 Å². The smallest absolute Gasteiger partial charge is 0.326 e. The van der Waals surface area contributed by atoms with Gasteiger partial charge >= 0.3 is 5.97 Å². The minimum Gasteiger partial charge on any atom is -0.480 e. The fraction of sp³-hybridized carbons (Fsp3) is 0.833. The van der Waals surface area contributed by atoms with Crippen LogP contribution in [0.2, 0.25) is 0 Å². The number of rotatable bonds is 7. The predicted molar refractivity (Wildman–Crippen MR) is 66.5 cm³/mol. The van der Waals surface area contributed by atoms with Gasteiger partial charge < -0.3 is 16.2 Å². The first-order valence-electron chi connectivity index (χ1n) is 6.13. The Labute approximate surface area is 103 Å². The van der Waals surface area contributed by atoms with E-state index >= 15 is 0 Å². The lowest BCUT2D eigenvalue weighted by atomic mass is 9.96. The van der Waals surface area contributed by atoms with E-state index in [2.05, 4.69) is 5.32 Å². The van der Waals surface area contributed by atoms with Crippen LogP contribution >= 0.6 is 0 Å². The van der Waals surface area contributed by atoms with Crippen molar-refractivity contribution in [2.45, 2.75) is 52.6 Å². The van der Waals surface area contributed by atoms with Gasteiger partial charge in [-0.1, -0.05) is 40.5 Å². The molecule has 0 heterocycles. The summed E-state index contributed by atoms with van der Waals surface area (Å²) in [6, 6.07) is -1.51. The Morgan fingerprint density at radius 1 is 1.18 bits per heavy atom. The highest BCUT2D eigenvalue weighted by Crippen LogP contribution is 2.10. The third-order valence-electron chi connectivity index (χ3n) is 3.34. The van der Waals surface area contributed by atoms with Crippen molar-refractivity contribution in [3.05, 3.63) is 0 Å². The number of amides is 1. The summed E-state index contributed by atoms with van der Waals surface area (Å²) in [7, 11) is 0. The number of nitrogens with one attached hydrogen (secondary N) is 1. The summed E-state index contributed by atoms with van der Waals surface area (Å²) in [6.45, 7) is 7.51. The Morgan fingerprint density at radius 3 is 2.00 bits per heavy atom. The van der Waals surface area contributed by atoms with Crippen LogP contribution in [0.4, 0.5) is 0 Å². The third kappa shape index (κ3) is 4.73. The van der Waals surface area contributed by atoms with Crippen LogP contribution in [0, 0.1) is 11.8 Å². The van der Waals surface area contributed by atoms with E-state index in [0.717, 1.165) is 6.42 Å². The van der Waals surface area contributed by atoms with Crippen molar-refractivity contribution in [1.29, 1.82) is 0 Å². The van der Waals surface area contributed by atoms with Crippen molar-refractivity contribution < 1.29 is 14.7 Å². The molecule has 1 amide bonds. The maximum Gasteiger partial charge on any atom is 0.326 e. The summed E-state index contributed by atoms with van der Waals surface area (Å²) in [4.78, 5) is 22.8. The minimum absolute atomic E-state index is 0.0429. The van der Waals surface area contributed by atoms with Crippen molar-refractivity contribution >= 4 is 11.9 Å². The van der Waals surface area contributed by atoms with E-state index in [4.69, 9.17) is 10.8 Å². The van der Waals surface area contributed by atoms with Crippen LogP contribution in [-0.2, 0) is 9.59 Å². The van der Waals surface area contributed by atoms with Crippen molar-refractivity contribution in [2.24, 2.45) is 17.6 Å². The number of carboxylic acids is 1. The summed E-state index contributed by atoms with van der Waals surface area (Å²) < 4.78 is 0. The summed E-state index contributed by atoms with van der Waals surface area (Å²) in [6.07, 6.45) is 1.48. The monoisotopic (exact) mass is 244 g/mol. The van der Waals surface area contributed by atoms with Gasteiger partial charge in [0.15, 0.2) is 0 Å². The Kier molecular flexibility index (Phi) is 6.80. The van der Waals surface area contributed by atoms with Gasteiger partial charge in [0.2, 0.25) is 5.91 Å². The molecule has 0 spiro atoms. The van der Waals surface area contributed by atoms with E-state index in [1.54, 1.807) is 6.92 Å². The van der Waals surface area contributed by atoms with E-state index in [9.17, 15) is 9.59 Å². The van der Waals surface area contributed by atoms with Crippen LogP contribution in [0.5, 0.6) is 0 Å². The maximum absolute atomic E-state index is 11.8.